The van der Waals surface area contributed by atoms with Crippen molar-refractivity contribution in [3.05, 3.63) is 23.9 Å². The highest BCUT2D eigenvalue weighted by Gasteiger charge is 2.21. The van der Waals surface area contributed by atoms with Crippen molar-refractivity contribution in [1.29, 1.82) is 0 Å². The third kappa shape index (κ3) is 1.55. The number of likely N-dealkylation sites (tertiary alicyclic amines) is 1. The molecule has 0 radical (unpaired) electrons. The largest absolute Gasteiger partial charge is 0.383 e. The summed E-state index contributed by atoms with van der Waals surface area (Å²) in [5.41, 5.74) is 6.15. The van der Waals surface area contributed by atoms with Crippen LogP contribution in [0.3, 0.4) is 0 Å². The molecule has 14 heavy (non-hydrogen) atoms. The molecule has 0 saturated carbocycles. The second-order valence-electron chi connectivity index (χ2n) is 3.44. The van der Waals surface area contributed by atoms with Gasteiger partial charge in [0.2, 0.25) is 0 Å². The zero-order valence-electron chi connectivity index (χ0n) is 7.94. The van der Waals surface area contributed by atoms with Crippen molar-refractivity contribution in [2.24, 2.45) is 0 Å². The summed E-state index contributed by atoms with van der Waals surface area (Å²) >= 11 is 0. The van der Waals surface area contributed by atoms with E-state index < -0.39 is 0 Å². The Kier molecular flexibility index (Phi) is 2.35. The van der Waals surface area contributed by atoms with Crippen LogP contribution in [0.25, 0.3) is 0 Å². The van der Waals surface area contributed by atoms with Gasteiger partial charge in [0.15, 0.2) is 0 Å². The molecule has 0 atom stereocenters. The molecule has 2 rings (SSSR count). The van der Waals surface area contributed by atoms with Crippen LogP contribution in [0.4, 0.5) is 5.82 Å². The molecular formula is C10H13N3O. The molecule has 0 spiro atoms. The van der Waals surface area contributed by atoms with Gasteiger partial charge in [-0.2, -0.15) is 0 Å². The van der Waals surface area contributed by atoms with Crippen LogP contribution in [0, 0.1) is 0 Å². The number of nitrogens with two attached hydrogens (primary N) is 1. The fourth-order valence-electron chi connectivity index (χ4n) is 1.69. The van der Waals surface area contributed by atoms with Gasteiger partial charge in [-0.3, -0.25) is 4.79 Å². The normalized spacial score (nSPS) is 15.9. The van der Waals surface area contributed by atoms with Crippen molar-refractivity contribution < 1.29 is 4.79 Å². The molecule has 1 saturated heterocycles. The number of hydrogen-bond acceptors (Lipinski definition) is 3. The van der Waals surface area contributed by atoms with E-state index in [-0.39, 0.29) is 5.91 Å². The summed E-state index contributed by atoms with van der Waals surface area (Å²) in [5.74, 6) is 0.331. The first-order valence-corrected chi connectivity index (χ1v) is 4.79. The van der Waals surface area contributed by atoms with Gasteiger partial charge < -0.3 is 10.6 Å². The zero-order chi connectivity index (χ0) is 9.97. The maximum absolute atomic E-state index is 11.9. The number of carbonyl (C=O) groups excluding carboxylic acids is 1. The molecule has 2 heterocycles. The highest BCUT2D eigenvalue weighted by Crippen LogP contribution is 2.15. The Morgan fingerprint density at radius 1 is 1.43 bits per heavy atom. The van der Waals surface area contributed by atoms with E-state index in [1.54, 1.807) is 18.3 Å². The first-order chi connectivity index (χ1) is 6.79. The lowest BCUT2D eigenvalue weighted by molar-refractivity contribution is 0.0793. The molecule has 74 valence electrons. The SMILES string of the molecule is Nc1ncccc1C(=O)N1CCCC1. The lowest BCUT2D eigenvalue weighted by Crippen LogP contribution is -2.28. The van der Waals surface area contributed by atoms with Gasteiger partial charge in [-0.1, -0.05) is 0 Å². The second kappa shape index (κ2) is 3.65. The van der Waals surface area contributed by atoms with Crippen molar-refractivity contribution >= 4 is 11.7 Å². The molecule has 1 fully saturated rings. The summed E-state index contributed by atoms with van der Waals surface area (Å²) in [7, 11) is 0. The highest BCUT2D eigenvalue weighted by molar-refractivity contribution is 5.98. The molecule has 1 amide bonds. The fourth-order valence-corrected chi connectivity index (χ4v) is 1.69. The molecule has 1 aromatic heterocycles. The quantitative estimate of drug-likeness (QED) is 0.717. The number of anilines is 1. The van der Waals surface area contributed by atoms with Crippen LogP contribution in [-0.4, -0.2) is 28.9 Å². The second-order valence-corrected chi connectivity index (χ2v) is 3.44. The number of aromatic nitrogens is 1. The van der Waals surface area contributed by atoms with Crippen LogP contribution in [-0.2, 0) is 0 Å². The molecule has 0 bridgehead atoms. The van der Waals surface area contributed by atoms with Gasteiger partial charge in [0.25, 0.3) is 5.91 Å². The van der Waals surface area contributed by atoms with E-state index in [4.69, 9.17) is 5.73 Å². The number of carbonyl (C=O) groups is 1. The van der Waals surface area contributed by atoms with Crippen molar-refractivity contribution in [3.63, 3.8) is 0 Å². The van der Waals surface area contributed by atoms with Gasteiger partial charge in [-0.15, -0.1) is 0 Å². The topological polar surface area (TPSA) is 59.2 Å². The first-order valence-electron chi connectivity index (χ1n) is 4.79. The standard InChI is InChI=1S/C10H13N3O/c11-9-8(4-3-5-12-9)10(14)13-6-1-2-7-13/h3-5H,1-2,6-7H2,(H2,11,12). The van der Waals surface area contributed by atoms with Crippen LogP contribution in [0.15, 0.2) is 18.3 Å². The molecule has 0 aromatic carbocycles. The Labute approximate surface area is 82.7 Å². The van der Waals surface area contributed by atoms with Gasteiger partial charge in [0.1, 0.15) is 5.82 Å². The highest BCUT2D eigenvalue weighted by atomic mass is 16.2. The minimum atomic E-state index is 0.00750. The molecular weight excluding hydrogens is 178 g/mol. The number of amides is 1. The summed E-state index contributed by atoms with van der Waals surface area (Å²) in [6.07, 6.45) is 3.77. The molecule has 4 nitrogen and oxygen atoms in total. The van der Waals surface area contributed by atoms with Gasteiger partial charge in [0.05, 0.1) is 5.56 Å². The minimum absolute atomic E-state index is 0.00750. The fraction of sp³-hybridized carbons (Fsp3) is 0.400. The summed E-state index contributed by atoms with van der Waals surface area (Å²) in [6.45, 7) is 1.68. The molecule has 0 unspecified atom stereocenters. The lowest BCUT2D eigenvalue weighted by Gasteiger charge is -2.15. The summed E-state index contributed by atoms with van der Waals surface area (Å²) in [4.78, 5) is 17.6. The predicted molar refractivity (Wildman–Crippen MR) is 53.8 cm³/mol. The van der Waals surface area contributed by atoms with Crippen molar-refractivity contribution in [1.82, 2.24) is 9.88 Å². The number of nitrogen functional groups attached to an aromatic ring is 1. The van der Waals surface area contributed by atoms with Crippen molar-refractivity contribution in [3.8, 4) is 0 Å². The van der Waals surface area contributed by atoms with Crippen molar-refractivity contribution in [2.75, 3.05) is 18.8 Å². The number of rotatable bonds is 1. The average Bonchev–Trinajstić information content (AvgIpc) is 2.70. The molecule has 1 aliphatic rings. The van der Waals surface area contributed by atoms with E-state index in [0.29, 0.717) is 11.4 Å². The van der Waals surface area contributed by atoms with Crippen LogP contribution in [0.5, 0.6) is 0 Å². The molecule has 0 aliphatic carbocycles. The predicted octanol–water partition coefficient (Wildman–Crippen LogP) is 0.900. The van der Waals surface area contributed by atoms with E-state index in [1.807, 2.05) is 4.90 Å². The Bertz CT molecular complexity index is 345. The third-order valence-corrected chi connectivity index (χ3v) is 2.46. The summed E-state index contributed by atoms with van der Waals surface area (Å²) in [5, 5.41) is 0. The van der Waals surface area contributed by atoms with Crippen LogP contribution >= 0.6 is 0 Å². The van der Waals surface area contributed by atoms with Crippen molar-refractivity contribution in [2.45, 2.75) is 12.8 Å². The van der Waals surface area contributed by atoms with Gasteiger partial charge >= 0.3 is 0 Å². The van der Waals surface area contributed by atoms with E-state index in [1.165, 1.54) is 0 Å². The van der Waals surface area contributed by atoms with Crippen LogP contribution < -0.4 is 5.73 Å². The Morgan fingerprint density at radius 2 is 2.14 bits per heavy atom. The number of nitrogens with zero attached hydrogens (tertiary/aromatic N) is 2. The molecule has 4 heteroatoms. The smallest absolute Gasteiger partial charge is 0.257 e. The van der Waals surface area contributed by atoms with Gasteiger partial charge in [-0.25, -0.2) is 4.98 Å². The molecule has 1 aromatic rings. The van der Waals surface area contributed by atoms with Gasteiger partial charge in [-0.05, 0) is 25.0 Å². The average molecular weight is 191 g/mol. The van der Waals surface area contributed by atoms with E-state index in [2.05, 4.69) is 4.98 Å². The van der Waals surface area contributed by atoms with E-state index in [0.717, 1.165) is 25.9 Å². The zero-order valence-corrected chi connectivity index (χ0v) is 7.94. The maximum atomic E-state index is 11.9. The summed E-state index contributed by atoms with van der Waals surface area (Å²) < 4.78 is 0. The monoisotopic (exact) mass is 191 g/mol. The Hall–Kier alpha value is -1.58. The van der Waals surface area contributed by atoms with Crippen LogP contribution in [0.1, 0.15) is 23.2 Å². The Balaban J connectivity index is 2.22. The van der Waals surface area contributed by atoms with E-state index >= 15 is 0 Å². The van der Waals surface area contributed by atoms with Gasteiger partial charge in [0, 0.05) is 19.3 Å². The van der Waals surface area contributed by atoms with Crippen LogP contribution in [0.2, 0.25) is 0 Å². The number of pyridine rings is 1. The van der Waals surface area contributed by atoms with E-state index in [9.17, 15) is 4.79 Å². The molecule has 2 N–H and O–H groups in total. The lowest BCUT2D eigenvalue weighted by atomic mass is 10.2. The summed E-state index contributed by atoms with van der Waals surface area (Å²) in [6, 6.07) is 3.46. The number of hydrogen-bond donors (Lipinski definition) is 1. The molecule has 1 aliphatic heterocycles. The first kappa shape index (κ1) is 8.99. The Morgan fingerprint density at radius 3 is 2.79 bits per heavy atom. The maximum Gasteiger partial charge on any atom is 0.257 e. The minimum Gasteiger partial charge on any atom is -0.383 e. The third-order valence-electron chi connectivity index (χ3n) is 2.46.